The van der Waals surface area contributed by atoms with Crippen molar-refractivity contribution in [2.75, 3.05) is 16.2 Å². The van der Waals surface area contributed by atoms with Gasteiger partial charge in [0, 0.05) is 28.4 Å². The van der Waals surface area contributed by atoms with E-state index in [1.165, 1.54) is 18.0 Å². The zero-order valence-corrected chi connectivity index (χ0v) is 16.8. The number of para-hydroxylation sites is 1. The minimum Gasteiger partial charge on any atom is -0.326 e. The predicted octanol–water partition coefficient (Wildman–Crippen LogP) is 6.42. The second-order valence-corrected chi connectivity index (χ2v) is 7.88. The quantitative estimate of drug-likeness (QED) is 0.487. The maximum absolute atomic E-state index is 13.1. The predicted molar refractivity (Wildman–Crippen MR) is 114 cm³/mol. The standard InChI is InChI=1S/C23H19F3N2OS/c24-23(25,26)18-9-4-10-19(15-18)27-30-20-11-3-7-17(14-20)22(29)28-13-5-8-16-6-1-2-12-21(16)28/h1-4,6-7,9-12,14-15,27H,5,8,13H2. The lowest BCUT2D eigenvalue weighted by Crippen LogP contribution is -2.35. The fourth-order valence-corrected chi connectivity index (χ4v) is 4.17. The molecule has 4 rings (SSSR count). The monoisotopic (exact) mass is 428 g/mol. The zero-order valence-electron chi connectivity index (χ0n) is 15.9. The van der Waals surface area contributed by atoms with Gasteiger partial charge in [-0.3, -0.25) is 4.79 Å². The van der Waals surface area contributed by atoms with E-state index in [0.29, 0.717) is 17.8 Å². The van der Waals surface area contributed by atoms with Gasteiger partial charge in [0.15, 0.2) is 0 Å². The SMILES string of the molecule is O=C(c1cccc(SNc2cccc(C(F)(F)F)c2)c1)N1CCCc2ccccc21. The third-order valence-electron chi connectivity index (χ3n) is 4.91. The number of benzene rings is 3. The van der Waals surface area contributed by atoms with Gasteiger partial charge in [0.1, 0.15) is 0 Å². The van der Waals surface area contributed by atoms with Gasteiger partial charge in [-0.25, -0.2) is 0 Å². The highest BCUT2D eigenvalue weighted by Crippen LogP contribution is 2.32. The van der Waals surface area contributed by atoms with Crippen LogP contribution in [-0.2, 0) is 12.6 Å². The number of alkyl halides is 3. The highest BCUT2D eigenvalue weighted by molar-refractivity contribution is 8.00. The molecule has 3 nitrogen and oxygen atoms in total. The molecule has 0 saturated carbocycles. The van der Waals surface area contributed by atoms with Crippen molar-refractivity contribution in [2.24, 2.45) is 0 Å². The van der Waals surface area contributed by atoms with Crippen LogP contribution in [0.25, 0.3) is 0 Å². The number of rotatable bonds is 4. The van der Waals surface area contributed by atoms with Crippen LogP contribution >= 0.6 is 11.9 Å². The summed E-state index contributed by atoms with van der Waals surface area (Å²) in [5.74, 6) is -0.0799. The Hall–Kier alpha value is -2.93. The van der Waals surface area contributed by atoms with Gasteiger partial charge in [0.2, 0.25) is 0 Å². The first-order valence-electron chi connectivity index (χ1n) is 9.52. The first kappa shape index (κ1) is 20.3. The molecule has 0 radical (unpaired) electrons. The van der Waals surface area contributed by atoms with Crippen molar-refractivity contribution in [1.82, 2.24) is 0 Å². The highest BCUT2D eigenvalue weighted by Gasteiger charge is 2.30. The van der Waals surface area contributed by atoms with Crippen molar-refractivity contribution in [2.45, 2.75) is 23.9 Å². The molecule has 1 amide bonds. The van der Waals surface area contributed by atoms with E-state index in [2.05, 4.69) is 4.72 Å². The van der Waals surface area contributed by atoms with Crippen LogP contribution in [0.4, 0.5) is 24.5 Å². The van der Waals surface area contributed by atoms with E-state index in [1.54, 1.807) is 29.2 Å². The summed E-state index contributed by atoms with van der Waals surface area (Å²) in [5.41, 5.74) is 2.28. The minimum absolute atomic E-state index is 0.0799. The summed E-state index contributed by atoms with van der Waals surface area (Å²) in [5, 5.41) is 0. The van der Waals surface area contributed by atoms with E-state index < -0.39 is 11.7 Å². The first-order valence-corrected chi connectivity index (χ1v) is 10.3. The van der Waals surface area contributed by atoms with E-state index >= 15 is 0 Å². The number of nitrogens with zero attached hydrogens (tertiary/aromatic N) is 1. The van der Waals surface area contributed by atoms with Crippen molar-refractivity contribution >= 4 is 29.2 Å². The summed E-state index contributed by atoms with van der Waals surface area (Å²) < 4.78 is 41.6. The number of hydrogen-bond donors (Lipinski definition) is 1. The molecule has 0 atom stereocenters. The molecule has 30 heavy (non-hydrogen) atoms. The average molecular weight is 428 g/mol. The lowest BCUT2D eigenvalue weighted by Gasteiger charge is -2.29. The van der Waals surface area contributed by atoms with Gasteiger partial charge in [0.25, 0.3) is 5.91 Å². The molecular weight excluding hydrogens is 409 g/mol. The lowest BCUT2D eigenvalue weighted by molar-refractivity contribution is -0.137. The third-order valence-corrected chi connectivity index (χ3v) is 5.74. The molecule has 1 heterocycles. The summed E-state index contributed by atoms with van der Waals surface area (Å²) >= 11 is 1.17. The molecule has 0 spiro atoms. The van der Waals surface area contributed by atoms with E-state index in [0.717, 1.165) is 41.1 Å². The number of amides is 1. The third kappa shape index (κ3) is 4.46. The summed E-state index contributed by atoms with van der Waals surface area (Å²) in [4.78, 5) is 15.6. The largest absolute Gasteiger partial charge is 0.416 e. The zero-order chi connectivity index (χ0) is 21.1. The summed E-state index contributed by atoms with van der Waals surface area (Å²) in [7, 11) is 0. The lowest BCUT2D eigenvalue weighted by atomic mass is 10.0. The van der Waals surface area contributed by atoms with Gasteiger partial charge < -0.3 is 9.62 Å². The molecule has 0 fully saturated rings. The minimum atomic E-state index is -4.39. The first-order chi connectivity index (χ1) is 14.4. The van der Waals surface area contributed by atoms with Crippen LogP contribution in [0, 0.1) is 0 Å². The number of carbonyl (C=O) groups excluding carboxylic acids is 1. The Balaban J connectivity index is 1.49. The fraction of sp³-hybridized carbons (Fsp3) is 0.174. The Labute approximate surface area is 177 Å². The van der Waals surface area contributed by atoms with Gasteiger partial charge in [-0.2, -0.15) is 13.2 Å². The molecule has 0 aliphatic carbocycles. The molecule has 0 saturated heterocycles. The molecule has 1 aliphatic rings. The molecule has 1 N–H and O–H groups in total. The van der Waals surface area contributed by atoms with E-state index in [9.17, 15) is 18.0 Å². The van der Waals surface area contributed by atoms with Crippen molar-refractivity contribution in [3.63, 3.8) is 0 Å². The normalized spacial score (nSPS) is 13.6. The molecule has 0 bridgehead atoms. The number of fused-ring (bicyclic) bond motifs is 1. The van der Waals surface area contributed by atoms with Gasteiger partial charge in [-0.1, -0.05) is 30.3 Å². The van der Waals surface area contributed by atoms with E-state index in [1.807, 2.05) is 30.3 Å². The molecule has 0 aromatic heterocycles. The molecule has 3 aromatic rings. The second-order valence-electron chi connectivity index (χ2n) is 7.00. The van der Waals surface area contributed by atoms with Crippen molar-refractivity contribution in [3.8, 4) is 0 Å². The molecule has 0 unspecified atom stereocenters. The molecule has 3 aromatic carbocycles. The van der Waals surface area contributed by atoms with Gasteiger partial charge in [-0.05, 0) is 72.8 Å². The van der Waals surface area contributed by atoms with Crippen LogP contribution in [-0.4, -0.2) is 12.5 Å². The van der Waals surface area contributed by atoms with Gasteiger partial charge >= 0.3 is 6.18 Å². The molecular formula is C23H19F3N2OS. The van der Waals surface area contributed by atoms with Crippen LogP contribution in [0.3, 0.4) is 0 Å². The Kier molecular flexibility index (Phi) is 5.72. The number of anilines is 2. The maximum Gasteiger partial charge on any atom is 0.416 e. The number of aryl methyl sites for hydroxylation is 1. The fourth-order valence-electron chi connectivity index (χ4n) is 3.47. The second kappa shape index (κ2) is 8.44. The van der Waals surface area contributed by atoms with Gasteiger partial charge in [0.05, 0.1) is 5.56 Å². The summed E-state index contributed by atoms with van der Waals surface area (Å²) in [6, 6.07) is 20.0. The highest BCUT2D eigenvalue weighted by atomic mass is 32.2. The van der Waals surface area contributed by atoms with Crippen LogP contribution in [0.15, 0.2) is 77.7 Å². The summed E-state index contributed by atoms with van der Waals surface area (Å²) in [6.45, 7) is 0.662. The average Bonchev–Trinajstić information content (AvgIpc) is 2.76. The number of carbonyl (C=O) groups is 1. The smallest absolute Gasteiger partial charge is 0.326 e. The van der Waals surface area contributed by atoms with Crippen LogP contribution in [0.2, 0.25) is 0 Å². The van der Waals surface area contributed by atoms with E-state index in [-0.39, 0.29) is 5.91 Å². The van der Waals surface area contributed by atoms with Crippen LogP contribution in [0.1, 0.15) is 27.9 Å². The Morgan fingerprint density at radius 2 is 1.77 bits per heavy atom. The maximum atomic E-state index is 13.1. The topological polar surface area (TPSA) is 32.3 Å². The van der Waals surface area contributed by atoms with Gasteiger partial charge in [-0.15, -0.1) is 0 Å². The summed E-state index contributed by atoms with van der Waals surface area (Å²) in [6.07, 6.45) is -2.52. The molecule has 7 heteroatoms. The Morgan fingerprint density at radius 1 is 0.967 bits per heavy atom. The van der Waals surface area contributed by atoms with Crippen molar-refractivity contribution in [3.05, 3.63) is 89.5 Å². The number of halogens is 3. The molecule has 1 aliphatic heterocycles. The Bertz CT molecular complexity index is 1070. The van der Waals surface area contributed by atoms with E-state index in [4.69, 9.17) is 0 Å². The number of nitrogens with one attached hydrogen (secondary N) is 1. The van der Waals surface area contributed by atoms with Crippen molar-refractivity contribution < 1.29 is 18.0 Å². The van der Waals surface area contributed by atoms with Crippen LogP contribution in [0.5, 0.6) is 0 Å². The molecule has 154 valence electrons. The van der Waals surface area contributed by atoms with Crippen LogP contribution < -0.4 is 9.62 Å². The van der Waals surface area contributed by atoms with Crippen molar-refractivity contribution in [1.29, 1.82) is 0 Å². The Morgan fingerprint density at radius 3 is 2.60 bits per heavy atom. The number of hydrogen-bond acceptors (Lipinski definition) is 3.